The standard InChI is InChI=1S/C22H22F3N5O3/c1-15(33-14-22(23,24)25)27-21-29-17-6-10-19(11-7-17)32-13-3-2-12-31-18-8-4-16(5-9-18)28-20(26)30-21/h2-11H,1,12-14H2,(H4,26,27,28,29,30). The predicted octanol–water partition coefficient (Wildman–Crippen LogP) is 4.26. The highest BCUT2D eigenvalue weighted by Gasteiger charge is 2.28. The lowest BCUT2D eigenvalue weighted by Gasteiger charge is -2.12. The molecule has 4 bridgehead atoms. The van der Waals surface area contributed by atoms with Gasteiger partial charge in [-0.2, -0.15) is 23.2 Å². The maximum Gasteiger partial charge on any atom is 0.422 e. The van der Waals surface area contributed by atoms with Gasteiger partial charge in [0, 0.05) is 11.4 Å². The number of nitrogens with one attached hydrogen (secondary N) is 2. The molecule has 174 valence electrons. The van der Waals surface area contributed by atoms with Crippen molar-refractivity contribution in [1.29, 1.82) is 0 Å². The first kappa shape index (κ1) is 23.5. The molecule has 0 saturated heterocycles. The van der Waals surface area contributed by atoms with E-state index in [9.17, 15) is 13.2 Å². The SMILES string of the molecule is C=C(/N=C1\N=C(/N)Nc2ccc(cc2)OCC=CCOc2ccc(cc2)N1)OCC(F)(F)F. The summed E-state index contributed by atoms with van der Waals surface area (Å²) in [5.74, 6) is 0.566. The average molecular weight is 461 g/mol. The Balaban J connectivity index is 1.86. The van der Waals surface area contributed by atoms with Crippen LogP contribution < -0.4 is 25.8 Å². The summed E-state index contributed by atoms with van der Waals surface area (Å²) in [6, 6.07) is 13.7. The number of nitrogens with two attached hydrogens (primary N) is 1. The molecule has 4 aliphatic rings. The van der Waals surface area contributed by atoms with E-state index in [0.29, 0.717) is 36.1 Å². The van der Waals surface area contributed by atoms with E-state index in [0.717, 1.165) is 0 Å². The van der Waals surface area contributed by atoms with Crippen LogP contribution in [0.4, 0.5) is 24.5 Å². The second-order valence-corrected chi connectivity index (χ2v) is 6.62. The van der Waals surface area contributed by atoms with Crippen LogP contribution in [0.1, 0.15) is 0 Å². The smallest absolute Gasteiger partial charge is 0.422 e. The van der Waals surface area contributed by atoms with Crippen LogP contribution in [0.25, 0.3) is 0 Å². The van der Waals surface area contributed by atoms with E-state index in [-0.39, 0.29) is 11.9 Å². The molecular weight excluding hydrogens is 439 g/mol. The van der Waals surface area contributed by atoms with Gasteiger partial charge in [0.2, 0.25) is 17.8 Å². The zero-order chi connectivity index (χ0) is 23.7. The zero-order valence-electron chi connectivity index (χ0n) is 17.4. The molecule has 0 aromatic heterocycles. The molecule has 0 aliphatic carbocycles. The van der Waals surface area contributed by atoms with Crippen LogP contribution in [0.3, 0.4) is 0 Å². The fourth-order valence-electron chi connectivity index (χ4n) is 2.51. The zero-order valence-corrected chi connectivity index (χ0v) is 17.4. The highest BCUT2D eigenvalue weighted by atomic mass is 19.4. The maximum atomic E-state index is 12.4. The molecule has 0 fully saturated rings. The molecule has 11 heteroatoms. The number of anilines is 2. The van der Waals surface area contributed by atoms with E-state index in [1.54, 1.807) is 48.5 Å². The summed E-state index contributed by atoms with van der Waals surface area (Å²) >= 11 is 0. The molecule has 4 heterocycles. The van der Waals surface area contributed by atoms with Crippen LogP contribution in [0.15, 0.2) is 83.1 Å². The Bertz CT molecular complexity index is 1030. The van der Waals surface area contributed by atoms with Crippen LogP contribution in [0.2, 0.25) is 0 Å². The number of nitrogens with zero attached hydrogens (tertiary/aromatic N) is 2. The molecule has 4 aliphatic heterocycles. The van der Waals surface area contributed by atoms with Crippen LogP contribution >= 0.6 is 0 Å². The van der Waals surface area contributed by atoms with E-state index in [1.807, 2.05) is 12.2 Å². The monoisotopic (exact) mass is 461 g/mol. The van der Waals surface area contributed by atoms with Crippen molar-refractivity contribution in [1.82, 2.24) is 0 Å². The first-order chi connectivity index (χ1) is 15.8. The number of guanidine groups is 2. The summed E-state index contributed by atoms with van der Waals surface area (Å²) < 4.78 is 53.1. The Kier molecular flexibility index (Phi) is 7.79. The van der Waals surface area contributed by atoms with Gasteiger partial charge in [-0.3, -0.25) is 0 Å². The van der Waals surface area contributed by atoms with Gasteiger partial charge in [0.25, 0.3) is 0 Å². The first-order valence-corrected chi connectivity index (χ1v) is 9.73. The molecule has 4 N–H and O–H groups in total. The highest BCUT2D eigenvalue weighted by Crippen LogP contribution is 2.19. The number of benzene rings is 2. The van der Waals surface area contributed by atoms with E-state index in [1.165, 1.54) is 0 Å². The summed E-state index contributed by atoms with van der Waals surface area (Å²) in [7, 11) is 0. The molecule has 0 saturated carbocycles. The molecule has 2 aromatic carbocycles. The van der Waals surface area contributed by atoms with Crippen molar-refractivity contribution in [3.05, 3.63) is 73.1 Å². The molecule has 0 radical (unpaired) electrons. The van der Waals surface area contributed by atoms with E-state index < -0.39 is 18.7 Å². The minimum Gasteiger partial charge on any atom is -0.490 e. The molecule has 2 aromatic rings. The van der Waals surface area contributed by atoms with Crippen LogP contribution in [0.5, 0.6) is 11.5 Å². The van der Waals surface area contributed by atoms with Gasteiger partial charge in [-0.15, -0.1) is 0 Å². The minimum absolute atomic E-state index is 0.0701. The Morgan fingerprint density at radius 3 is 2.00 bits per heavy atom. The lowest BCUT2D eigenvalue weighted by Crippen LogP contribution is -2.26. The molecule has 0 amide bonds. The Labute approximate surface area is 188 Å². The van der Waals surface area contributed by atoms with Crippen molar-refractivity contribution >= 4 is 23.3 Å². The van der Waals surface area contributed by atoms with Gasteiger partial charge in [0.15, 0.2) is 6.61 Å². The summed E-state index contributed by atoms with van der Waals surface area (Å²) in [6.07, 6.45) is -0.849. The van der Waals surface area contributed by atoms with Crippen LogP contribution in [-0.4, -0.2) is 37.9 Å². The van der Waals surface area contributed by atoms with Crippen molar-refractivity contribution in [2.75, 3.05) is 30.5 Å². The number of ether oxygens (including phenoxy) is 3. The van der Waals surface area contributed by atoms with Gasteiger partial charge in [-0.05, 0) is 67.3 Å². The molecule has 8 nitrogen and oxygen atoms in total. The Morgan fingerprint density at radius 2 is 1.48 bits per heavy atom. The summed E-state index contributed by atoms with van der Waals surface area (Å²) in [5, 5.41) is 5.74. The predicted molar refractivity (Wildman–Crippen MR) is 120 cm³/mol. The number of halogens is 3. The van der Waals surface area contributed by atoms with Crippen molar-refractivity contribution in [3.8, 4) is 11.5 Å². The molecule has 0 atom stereocenters. The van der Waals surface area contributed by atoms with Gasteiger partial charge in [-0.25, -0.2) is 0 Å². The second kappa shape index (κ2) is 10.9. The molecule has 33 heavy (non-hydrogen) atoms. The van der Waals surface area contributed by atoms with E-state index >= 15 is 0 Å². The number of hydrogen-bond acceptors (Lipinski definition) is 6. The Morgan fingerprint density at radius 1 is 0.970 bits per heavy atom. The van der Waals surface area contributed by atoms with Crippen LogP contribution in [0, 0.1) is 0 Å². The number of alkyl halides is 3. The fourth-order valence-corrected chi connectivity index (χ4v) is 2.51. The lowest BCUT2D eigenvalue weighted by molar-refractivity contribution is -0.164. The Hall–Kier alpha value is -4.15. The van der Waals surface area contributed by atoms with Gasteiger partial charge in [0.05, 0.1) is 0 Å². The normalized spacial score (nSPS) is 17.3. The molecule has 0 unspecified atom stereocenters. The first-order valence-electron chi connectivity index (χ1n) is 9.73. The van der Waals surface area contributed by atoms with Crippen LogP contribution in [-0.2, 0) is 4.74 Å². The second-order valence-electron chi connectivity index (χ2n) is 6.62. The van der Waals surface area contributed by atoms with Gasteiger partial charge < -0.3 is 30.6 Å². The summed E-state index contributed by atoms with van der Waals surface area (Å²) in [4.78, 5) is 7.99. The maximum absolute atomic E-state index is 12.4. The molecule has 6 rings (SSSR count). The van der Waals surface area contributed by atoms with Crippen molar-refractivity contribution in [2.24, 2.45) is 15.7 Å². The van der Waals surface area contributed by atoms with Crippen molar-refractivity contribution < 1.29 is 27.4 Å². The third-order valence-electron chi connectivity index (χ3n) is 3.96. The number of aliphatic imine (C=N–C) groups is 2. The lowest BCUT2D eigenvalue weighted by atomic mass is 10.3. The number of rotatable bonds is 3. The summed E-state index contributed by atoms with van der Waals surface area (Å²) in [6.45, 7) is 2.58. The van der Waals surface area contributed by atoms with Crippen molar-refractivity contribution in [2.45, 2.75) is 6.18 Å². The topological polar surface area (TPSA) is 102 Å². The third-order valence-corrected chi connectivity index (χ3v) is 3.96. The number of hydrogen-bond donors (Lipinski definition) is 3. The van der Waals surface area contributed by atoms with E-state index in [2.05, 4.69) is 31.9 Å². The fraction of sp³-hybridized carbons (Fsp3) is 0.182. The molecular formula is C22H22F3N5O3. The van der Waals surface area contributed by atoms with Gasteiger partial charge in [0.1, 0.15) is 24.7 Å². The third kappa shape index (κ3) is 8.48. The minimum atomic E-state index is -4.53. The van der Waals surface area contributed by atoms with Gasteiger partial charge in [-0.1, -0.05) is 0 Å². The average Bonchev–Trinajstić information content (AvgIpc) is 2.76. The molecule has 0 spiro atoms. The summed E-state index contributed by atoms with van der Waals surface area (Å²) in [5.41, 5.74) is 7.11. The van der Waals surface area contributed by atoms with Crippen molar-refractivity contribution in [3.63, 3.8) is 0 Å². The van der Waals surface area contributed by atoms with E-state index in [4.69, 9.17) is 15.2 Å². The highest BCUT2D eigenvalue weighted by molar-refractivity contribution is 6.06. The van der Waals surface area contributed by atoms with Gasteiger partial charge >= 0.3 is 6.18 Å². The quantitative estimate of drug-likeness (QED) is 0.466. The largest absolute Gasteiger partial charge is 0.490 e.